The van der Waals surface area contributed by atoms with E-state index in [-0.39, 0.29) is 17.4 Å². The SMILES string of the molecule is C[C@H](NS(=O)(=O)c1cnc(-c2c(C#N)c3ccc(F)cc3n2C2CCC2)nc1)C(F)(F)F. The topological polar surface area (TPSA) is 101 Å². The van der Waals surface area contributed by atoms with Gasteiger partial charge in [0.1, 0.15) is 28.5 Å². The van der Waals surface area contributed by atoms with Crippen molar-refractivity contribution in [1.82, 2.24) is 19.3 Å². The Labute approximate surface area is 180 Å². The zero-order chi connectivity index (χ0) is 23.3. The molecule has 7 nitrogen and oxygen atoms in total. The number of nitrogens with one attached hydrogen (secondary N) is 1. The lowest BCUT2D eigenvalue weighted by molar-refractivity contribution is -0.147. The van der Waals surface area contributed by atoms with E-state index in [2.05, 4.69) is 16.0 Å². The van der Waals surface area contributed by atoms with E-state index in [4.69, 9.17) is 0 Å². The monoisotopic (exact) mass is 467 g/mol. The maximum absolute atomic E-state index is 13.9. The van der Waals surface area contributed by atoms with E-state index in [1.54, 1.807) is 4.57 Å². The van der Waals surface area contributed by atoms with Crippen LogP contribution >= 0.6 is 0 Å². The fourth-order valence-corrected chi connectivity index (χ4v) is 4.70. The molecule has 0 spiro atoms. The number of hydrogen-bond donors (Lipinski definition) is 1. The quantitative estimate of drug-likeness (QED) is 0.571. The standard InChI is InChI=1S/C20H17F4N5O2S/c1-11(20(22,23)24)28-32(30,31)14-9-26-19(27-10-14)18-16(8-25)15-6-5-12(21)7-17(15)29(18)13-3-2-4-13/h5-7,9-11,13,28H,2-4H2,1H3/t11-/m0/s1. The van der Waals surface area contributed by atoms with Crippen molar-refractivity contribution >= 4 is 20.9 Å². The van der Waals surface area contributed by atoms with Crippen LogP contribution in [0.4, 0.5) is 17.6 Å². The first-order valence-electron chi connectivity index (χ1n) is 9.68. The molecule has 1 fully saturated rings. The maximum atomic E-state index is 13.9. The molecule has 0 aliphatic heterocycles. The Hall–Kier alpha value is -3.04. The number of sulfonamides is 1. The predicted molar refractivity (Wildman–Crippen MR) is 106 cm³/mol. The fourth-order valence-electron chi connectivity index (χ4n) is 3.59. The highest BCUT2D eigenvalue weighted by Crippen LogP contribution is 2.41. The lowest BCUT2D eigenvalue weighted by Gasteiger charge is -2.29. The second-order valence-electron chi connectivity index (χ2n) is 7.58. The molecular weight excluding hydrogens is 450 g/mol. The normalized spacial score (nSPS) is 16.0. The lowest BCUT2D eigenvalue weighted by Crippen LogP contribution is -2.43. The zero-order valence-corrected chi connectivity index (χ0v) is 17.5. The summed E-state index contributed by atoms with van der Waals surface area (Å²) in [4.78, 5) is 7.52. The Morgan fingerprint density at radius 2 is 1.91 bits per heavy atom. The zero-order valence-electron chi connectivity index (χ0n) is 16.7. The number of alkyl halides is 3. The number of benzene rings is 1. The van der Waals surface area contributed by atoms with E-state index in [1.165, 1.54) is 22.9 Å². The van der Waals surface area contributed by atoms with E-state index in [9.17, 15) is 31.2 Å². The number of hydrogen-bond acceptors (Lipinski definition) is 5. The molecule has 0 unspecified atom stereocenters. The molecule has 12 heteroatoms. The Morgan fingerprint density at radius 1 is 1.25 bits per heavy atom. The van der Waals surface area contributed by atoms with Gasteiger partial charge < -0.3 is 4.57 Å². The van der Waals surface area contributed by atoms with Crippen LogP contribution in [0.2, 0.25) is 0 Å². The van der Waals surface area contributed by atoms with E-state index < -0.39 is 33.0 Å². The van der Waals surface area contributed by atoms with Gasteiger partial charge in [-0.1, -0.05) is 0 Å². The average molecular weight is 467 g/mol. The molecular formula is C20H17F4N5O2S. The molecule has 1 saturated carbocycles. The van der Waals surface area contributed by atoms with E-state index in [0.717, 1.165) is 31.7 Å². The van der Waals surface area contributed by atoms with Gasteiger partial charge >= 0.3 is 6.18 Å². The van der Waals surface area contributed by atoms with Crippen molar-refractivity contribution in [3.63, 3.8) is 0 Å². The summed E-state index contributed by atoms with van der Waals surface area (Å²) in [5.41, 5.74) is 1.03. The Bertz CT molecular complexity index is 1320. The van der Waals surface area contributed by atoms with Gasteiger partial charge in [0, 0.05) is 11.4 Å². The molecule has 2 aromatic heterocycles. The maximum Gasteiger partial charge on any atom is 0.404 e. The van der Waals surface area contributed by atoms with Crippen LogP contribution in [0.15, 0.2) is 35.5 Å². The molecule has 0 bridgehead atoms. The van der Waals surface area contributed by atoms with Gasteiger partial charge in [-0.25, -0.2) is 22.8 Å². The van der Waals surface area contributed by atoms with Gasteiger partial charge in [-0.3, -0.25) is 0 Å². The number of rotatable bonds is 5. The molecule has 4 rings (SSSR count). The molecule has 0 amide bonds. The first-order chi connectivity index (χ1) is 15.0. The van der Waals surface area contributed by atoms with Gasteiger partial charge in [-0.2, -0.15) is 23.2 Å². The Kier molecular flexibility index (Phi) is 5.42. The predicted octanol–water partition coefficient (Wildman–Crippen LogP) is 4.06. The van der Waals surface area contributed by atoms with Crippen molar-refractivity contribution < 1.29 is 26.0 Å². The van der Waals surface area contributed by atoms with Crippen LogP contribution in [-0.4, -0.2) is 35.2 Å². The minimum absolute atomic E-state index is 0.00212. The van der Waals surface area contributed by atoms with Gasteiger partial charge in [-0.05, 0) is 44.4 Å². The summed E-state index contributed by atoms with van der Waals surface area (Å²) in [5.74, 6) is -0.452. The first kappa shape index (κ1) is 22.2. The molecule has 1 N–H and O–H groups in total. The van der Waals surface area contributed by atoms with Crippen LogP contribution in [0.1, 0.15) is 37.8 Å². The molecule has 1 atom stereocenters. The van der Waals surface area contributed by atoms with Crippen LogP contribution in [0.5, 0.6) is 0 Å². The average Bonchev–Trinajstić information content (AvgIpc) is 2.99. The van der Waals surface area contributed by atoms with Gasteiger partial charge in [-0.15, -0.1) is 0 Å². The minimum atomic E-state index is -4.76. The summed E-state index contributed by atoms with van der Waals surface area (Å²) in [6.07, 6.45) is -0.402. The summed E-state index contributed by atoms with van der Waals surface area (Å²) in [6.45, 7) is 0.683. The lowest BCUT2D eigenvalue weighted by atomic mass is 9.92. The van der Waals surface area contributed by atoms with Crippen molar-refractivity contribution in [2.24, 2.45) is 0 Å². The summed E-state index contributed by atoms with van der Waals surface area (Å²) < 4.78 is 80.0. The van der Waals surface area contributed by atoms with Crippen LogP contribution < -0.4 is 4.72 Å². The molecule has 1 aliphatic rings. The van der Waals surface area contributed by atoms with Crippen molar-refractivity contribution in [1.29, 1.82) is 5.26 Å². The number of nitriles is 1. The Morgan fingerprint density at radius 3 is 2.44 bits per heavy atom. The van der Waals surface area contributed by atoms with Gasteiger partial charge in [0.05, 0.1) is 23.5 Å². The third kappa shape index (κ3) is 3.82. The molecule has 3 aromatic rings. The highest BCUT2D eigenvalue weighted by molar-refractivity contribution is 7.89. The van der Waals surface area contributed by atoms with Crippen molar-refractivity contribution in [2.45, 2.75) is 49.3 Å². The smallest absolute Gasteiger partial charge is 0.334 e. The molecule has 0 saturated heterocycles. The van der Waals surface area contributed by atoms with Gasteiger partial charge in [0.25, 0.3) is 0 Å². The number of fused-ring (bicyclic) bond motifs is 1. The van der Waals surface area contributed by atoms with E-state index in [0.29, 0.717) is 23.5 Å². The summed E-state index contributed by atoms with van der Waals surface area (Å²) >= 11 is 0. The third-order valence-corrected chi connectivity index (χ3v) is 6.99. The minimum Gasteiger partial charge on any atom is -0.334 e. The van der Waals surface area contributed by atoms with Gasteiger partial charge in [0.2, 0.25) is 10.0 Å². The highest BCUT2D eigenvalue weighted by Gasteiger charge is 2.39. The van der Waals surface area contributed by atoms with E-state index >= 15 is 0 Å². The summed E-state index contributed by atoms with van der Waals surface area (Å²) in [6, 6.07) is 3.83. The first-order valence-corrected chi connectivity index (χ1v) is 11.2. The second kappa shape index (κ2) is 7.83. The number of aromatic nitrogens is 3. The molecule has 168 valence electrons. The van der Waals surface area contributed by atoms with Crippen LogP contribution in [0.3, 0.4) is 0 Å². The third-order valence-electron chi connectivity index (χ3n) is 5.49. The molecule has 1 aromatic carbocycles. The highest BCUT2D eigenvalue weighted by atomic mass is 32.2. The number of nitrogens with zero attached hydrogens (tertiary/aromatic N) is 4. The molecule has 1 aliphatic carbocycles. The van der Waals surface area contributed by atoms with Crippen molar-refractivity contribution in [3.8, 4) is 17.6 Å². The van der Waals surface area contributed by atoms with Crippen molar-refractivity contribution in [3.05, 3.63) is 42.0 Å². The molecule has 0 radical (unpaired) electrons. The molecule has 32 heavy (non-hydrogen) atoms. The second-order valence-corrected chi connectivity index (χ2v) is 9.29. The fraction of sp³-hybridized carbons (Fsp3) is 0.350. The summed E-state index contributed by atoms with van der Waals surface area (Å²) in [5, 5.41) is 10.3. The largest absolute Gasteiger partial charge is 0.404 e. The van der Waals surface area contributed by atoms with Crippen LogP contribution in [-0.2, 0) is 10.0 Å². The van der Waals surface area contributed by atoms with Crippen molar-refractivity contribution in [2.75, 3.05) is 0 Å². The molecule has 2 heterocycles. The number of halogens is 4. The summed E-state index contributed by atoms with van der Waals surface area (Å²) in [7, 11) is -4.52. The Balaban J connectivity index is 1.80. The van der Waals surface area contributed by atoms with Crippen LogP contribution in [0, 0.1) is 17.1 Å². The van der Waals surface area contributed by atoms with E-state index in [1.807, 2.05) is 0 Å². The van der Waals surface area contributed by atoms with Crippen LogP contribution in [0.25, 0.3) is 22.4 Å². The van der Waals surface area contributed by atoms with Gasteiger partial charge in [0.15, 0.2) is 5.82 Å².